The Morgan fingerprint density at radius 3 is 2.10 bits per heavy atom. The summed E-state index contributed by atoms with van der Waals surface area (Å²) in [6.07, 6.45) is -13.3. The van der Waals surface area contributed by atoms with Gasteiger partial charge in [-0.2, -0.15) is 26.3 Å². The van der Waals surface area contributed by atoms with E-state index in [0.717, 1.165) is 12.4 Å². The summed E-state index contributed by atoms with van der Waals surface area (Å²) >= 11 is 0. The Balaban J connectivity index is 2.80. The van der Waals surface area contributed by atoms with Crippen LogP contribution in [0.4, 0.5) is 26.3 Å². The average Bonchev–Trinajstić information content (AvgIpc) is 2.32. The first-order chi connectivity index (χ1) is 9.14. The summed E-state index contributed by atoms with van der Waals surface area (Å²) in [5.41, 5.74) is 0.370. The van der Waals surface area contributed by atoms with Crippen molar-refractivity contribution in [1.82, 2.24) is 15.3 Å². The Morgan fingerprint density at radius 2 is 1.70 bits per heavy atom. The summed E-state index contributed by atoms with van der Waals surface area (Å²) in [6.45, 7) is 2.75. The second-order valence-electron chi connectivity index (χ2n) is 3.71. The maximum absolute atomic E-state index is 12.2. The Bertz CT molecular complexity index is 402. The van der Waals surface area contributed by atoms with Crippen LogP contribution >= 0.6 is 0 Å². The molecule has 0 amide bonds. The molecule has 0 aliphatic rings. The summed E-state index contributed by atoms with van der Waals surface area (Å²) in [5, 5.41) is 2.87. The van der Waals surface area contributed by atoms with Crippen molar-refractivity contribution in [3.8, 4) is 5.88 Å². The van der Waals surface area contributed by atoms with Crippen molar-refractivity contribution in [1.29, 1.82) is 0 Å². The standard InChI is InChI=1S/C10H11F6N3O/c1-2-17-3-6-4-19-7(5-18-6)20-8(9(11,12)13)10(14,15)16/h4-5,8,17H,2-3H2,1H3. The van der Waals surface area contributed by atoms with E-state index in [2.05, 4.69) is 20.0 Å². The lowest BCUT2D eigenvalue weighted by molar-refractivity contribution is -0.300. The molecule has 1 N–H and O–H groups in total. The van der Waals surface area contributed by atoms with Crippen LogP contribution in [-0.4, -0.2) is 35.0 Å². The number of rotatable bonds is 5. The largest absolute Gasteiger partial charge is 0.454 e. The molecular formula is C10H11F6N3O. The van der Waals surface area contributed by atoms with Crippen LogP contribution in [0, 0.1) is 0 Å². The second-order valence-corrected chi connectivity index (χ2v) is 3.71. The number of halogens is 6. The molecule has 0 radical (unpaired) electrons. The zero-order valence-electron chi connectivity index (χ0n) is 10.2. The van der Waals surface area contributed by atoms with E-state index in [-0.39, 0.29) is 0 Å². The first-order valence-electron chi connectivity index (χ1n) is 5.46. The van der Waals surface area contributed by atoms with Gasteiger partial charge in [0.1, 0.15) is 0 Å². The number of nitrogens with zero attached hydrogens (tertiary/aromatic N) is 2. The van der Waals surface area contributed by atoms with Gasteiger partial charge in [0.05, 0.1) is 18.1 Å². The highest BCUT2D eigenvalue weighted by atomic mass is 19.4. The number of aromatic nitrogens is 2. The lowest BCUT2D eigenvalue weighted by Crippen LogP contribution is -2.46. The van der Waals surface area contributed by atoms with Crippen molar-refractivity contribution in [2.45, 2.75) is 31.9 Å². The quantitative estimate of drug-likeness (QED) is 0.849. The fourth-order valence-electron chi connectivity index (χ4n) is 1.19. The van der Waals surface area contributed by atoms with Gasteiger partial charge < -0.3 is 10.1 Å². The average molecular weight is 303 g/mol. The molecule has 0 spiro atoms. The van der Waals surface area contributed by atoms with Gasteiger partial charge in [0.2, 0.25) is 5.88 Å². The third-order valence-corrected chi connectivity index (χ3v) is 2.07. The number of hydrogen-bond acceptors (Lipinski definition) is 4. The van der Waals surface area contributed by atoms with Gasteiger partial charge in [-0.1, -0.05) is 6.92 Å². The van der Waals surface area contributed by atoms with E-state index in [1.54, 1.807) is 0 Å². The summed E-state index contributed by atoms with van der Waals surface area (Å²) in [5.74, 6) is -0.843. The topological polar surface area (TPSA) is 47.0 Å². The third kappa shape index (κ3) is 4.83. The van der Waals surface area contributed by atoms with Gasteiger partial charge >= 0.3 is 12.4 Å². The molecule has 4 nitrogen and oxygen atoms in total. The van der Waals surface area contributed by atoms with E-state index in [0.29, 0.717) is 18.8 Å². The molecule has 1 rings (SSSR count). The van der Waals surface area contributed by atoms with E-state index >= 15 is 0 Å². The lowest BCUT2D eigenvalue weighted by atomic mass is 10.3. The predicted octanol–water partition coefficient (Wildman–Crippen LogP) is 2.46. The first kappa shape index (κ1) is 16.5. The number of alkyl halides is 6. The maximum Gasteiger partial charge on any atom is 0.434 e. The molecule has 0 aromatic carbocycles. The number of hydrogen-bond donors (Lipinski definition) is 1. The minimum Gasteiger partial charge on any atom is -0.454 e. The highest BCUT2D eigenvalue weighted by molar-refractivity contribution is 5.08. The zero-order valence-corrected chi connectivity index (χ0v) is 10.2. The minimum absolute atomic E-state index is 0.297. The highest BCUT2D eigenvalue weighted by Crippen LogP contribution is 2.35. The van der Waals surface area contributed by atoms with Crippen molar-refractivity contribution < 1.29 is 31.1 Å². The van der Waals surface area contributed by atoms with E-state index in [1.807, 2.05) is 6.92 Å². The molecule has 1 aromatic heterocycles. The van der Waals surface area contributed by atoms with Gasteiger partial charge in [-0.3, -0.25) is 4.98 Å². The Kier molecular flexibility index (Phi) is 5.15. The van der Waals surface area contributed by atoms with Gasteiger partial charge in [-0.05, 0) is 6.54 Å². The Hall–Kier alpha value is -1.58. The molecule has 0 unspecified atom stereocenters. The highest BCUT2D eigenvalue weighted by Gasteiger charge is 2.59. The van der Waals surface area contributed by atoms with Gasteiger partial charge in [0, 0.05) is 6.54 Å². The second kappa shape index (κ2) is 6.25. The van der Waals surface area contributed by atoms with Crippen LogP contribution in [0.15, 0.2) is 12.4 Å². The molecular weight excluding hydrogens is 292 g/mol. The molecule has 1 heterocycles. The van der Waals surface area contributed by atoms with Crippen LogP contribution < -0.4 is 10.1 Å². The first-order valence-corrected chi connectivity index (χ1v) is 5.46. The smallest absolute Gasteiger partial charge is 0.434 e. The maximum atomic E-state index is 12.2. The van der Waals surface area contributed by atoms with E-state index in [1.165, 1.54) is 0 Å². The Morgan fingerprint density at radius 1 is 1.10 bits per heavy atom. The molecule has 20 heavy (non-hydrogen) atoms. The minimum atomic E-state index is -5.58. The summed E-state index contributed by atoms with van der Waals surface area (Å²) < 4.78 is 77.3. The molecule has 1 aromatic rings. The van der Waals surface area contributed by atoms with Crippen LogP contribution in [0.2, 0.25) is 0 Å². The molecule has 0 saturated heterocycles. The van der Waals surface area contributed by atoms with Gasteiger partial charge in [-0.15, -0.1) is 0 Å². The number of ether oxygens (including phenoxy) is 1. The van der Waals surface area contributed by atoms with Crippen LogP contribution in [0.25, 0.3) is 0 Å². The molecule has 0 fully saturated rings. The van der Waals surface area contributed by atoms with E-state index in [4.69, 9.17) is 0 Å². The van der Waals surface area contributed by atoms with Crippen molar-refractivity contribution in [3.05, 3.63) is 18.1 Å². The van der Waals surface area contributed by atoms with Crippen LogP contribution in [-0.2, 0) is 6.54 Å². The van der Waals surface area contributed by atoms with Crippen LogP contribution in [0.3, 0.4) is 0 Å². The molecule has 114 valence electrons. The summed E-state index contributed by atoms with van der Waals surface area (Å²) in [7, 11) is 0. The monoisotopic (exact) mass is 303 g/mol. The van der Waals surface area contributed by atoms with Gasteiger partial charge in [0.15, 0.2) is 0 Å². The molecule has 10 heteroatoms. The normalized spacial score (nSPS) is 12.8. The molecule has 0 aliphatic heterocycles. The molecule has 0 bridgehead atoms. The van der Waals surface area contributed by atoms with E-state index < -0.39 is 24.3 Å². The predicted molar refractivity (Wildman–Crippen MR) is 55.9 cm³/mol. The third-order valence-electron chi connectivity index (χ3n) is 2.07. The van der Waals surface area contributed by atoms with Crippen molar-refractivity contribution in [2.75, 3.05) is 6.54 Å². The Labute approximate surface area is 110 Å². The fraction of sp³-hybridized carbons (Fsp3) is 0.600. The zero-order chi connectivity index (χ0) is 15.4. The SMILES string of the molecule is CCNCc1cnc(OC(C(F)(F)F)C(F)(F)F)cn1. The number of nitrogens with one attached hydrogen (secondary N) is 1. The molecule has 0 saturated carbocycles. The van der Waals surface area contributed by atoms with Crippen molar-refractivity contribution >= 4 is 0 Å². The van der Waals surface area contributed by atoms with Crippen LogP contribution in [0.5, 0.6) is 5.88 Å². The fourth-order valence-corrected chi connectivity index (χ4v) is 1.19. The van der Waals surface area contributed by atoms with Gasteiger partial charge in [0.25, 0.3) is 6.10 Å². The summed E-state index contributed by atoms with van der Waals surface area (Å²) in [6, 6.07) is 0. The van der Waals surface area contributed by atoms with Crippen molar-refractivity contribution in [3.63, 3.8) is 0 Å². The molecule has 0 atom stereocenters. The van der Waals surface area contributed by atoms with E-state index in [9.17, 15) is 26.3 Å². The van der Waals surface area contributed by atoms with Crippen molar-refractivity contribution in [2.24, 2.45) is 0 Å². The summed E-state index contributed by atoms with van der Waals surface area (Å²) in [4.78, 5) is 7.02. The molecule has 0 aliphatic carbocycles. The van der Waals surface area contributed by atoms with Gasteiger partial charge in [-0.25, -0.2) is 4.98 Å². The lowest BCUT2D eigenvalue weighted by Gasteiger charge is -2.23. The van der Waals surface area contributed by atoms with Crippen LogP contribution in [0.1, 0.15) is 12.6 Å².